The SMILES string of the molecule is Oc1cc(-c2nc3ccccc3s2)cc2c1OCCN(Cc1ccc(F)c(F)c1)C2. The molecule has 0 unspecified atom stereocenters. The molecule has 152 valence electrons. The zero-order chi connectivity index (χ0) is 20.7. The van der Waals surface area contributed by atoms with Crippen LogP contribution in [-0.4, -0.2) is 28.1 Å². The third-order valence-corrected chi connectivity index (χ3v) is 6.21. The van der Waals surface area contributed by atoms with Crippen molar-refractivity contribution < 1.29 is 18.6 Å². The van der Waals surface area contributed by atoms with Crippen molar-refractivity contribution in [3.05, 3.63) is 77.4 Å². The average molecular weight is 424 g/mol. The number of para-hydroxylation sites is 1. The van der Waals surface area contributed by atoms with E-state index < -0.39 is 11.6 Å². The molecule has 0 saturated carbocycles. The van der Waals surface area contributed by atoms with Gasteiger partial charge in [0.15, 0.2) is 23.1 Å². The number of thiazole rings is 1. The Morgan fingerprint density at radius 3 is 2.77 bits per heavy atom. The maximum Gasteiger partial charge on any atom is 0.165 e. The second-order valence-electron chi connectivity index (χ2n) is 7.28. The fourth-order valence-corrected chi connectivity index (χ4v) is 4.66. The van der Waals surface area contributed by atoms with Crippen molar-refractivity contribution in [2.75, 3.05) is 13.2 Å². The second kappa shape index (κ2) is 7.66. The summed E-state index contributed by atoms with van der Waals surface area (Å²) in [6.07, 6.45) is 0. The normalized spacial score (nSPS) is 14.3. The lowest BCUT2D eigenvalue weighted by Crippen LogP contribution is -2.25. The number of ether oxygens (including phenoxy) is 1. The monoisotopic (exact) mass is 424 g/mol. The number of hydrogen-bond acceptors (Lipinski definition) is 5. The van der Waals surface area contributed by atoms with E-state index in [1.165, 1.54) is 6.07 Å². The summed E-state index contributed by atoms with van der Waals surface area (Å²) in [5.41, 5.74) is 3.27. The lowest BCUT2D eigenvalue weighted by Gasteiger charge is -2.19. The van der Waals surface area contributed by atoms with E-state index in [-0.39, 0.29) is 5.75 Å². The number of aromatic hydroxyl groups is 1. The molecule has 3 aromatic carbocycles. The third-order valence-electron chi connectivity index (χ3n) is 5.13. The van der Waals surface area contributed by atoms with Crippen molar-refractivity contribution in [3.8, 4) is 22.1 Å². The van der Waals surface area contributed by atoms with Crippen LogP contribution in [0.15, 0.2) is 54.6 Å². The van der Waals surface area contributed by atoms with E-state index in [1.54, 1.807) is 23.5 Å². The minimum atomic E-state index is -0.853. The van der Waals surface area contributed by atoms with Crippen molar-refractivity contribution in [3.63, 3.8) is 0 Å². The van der Waals surface area contributed by atoms with E-state index in [1.807, 2.05) is 30.3 Å². The topological polar surface area (TPSA) is 45.6 Å². The highest BCUT2D eigenvalue weighted by Crippen LogP contribution is 2.39. The van der Waals surface area contributed by atoms with E-state index in [4.69, 9.17) is 4.74 Å². The number of rotatable bonds is 3. The Bertz CT molecular complexity index is 1210. The summed E-state index contributed by atoms with van der Waals surface area (Å²) in [6.45, 7) is 1.96. The molecule has 0 spiro atoms. The summed E-state index contributed by atoms with van der Waals surface area (Å²) in [4.78, 5) is 6.76. The molecule has 0 radical (unpaired) electrons. The molecule has 4 aromatic rings. The molecule has 5 rings (SSSR count). The van der Waals surface area contributed by atoms with Crippen LogP contribution < -0.4 is 4.74 Å². The maximum absolute atomic E-state index is 13.6. The number of nitrogens with zero attached hydrogens (tertiary/aromatic N) is 2. The van der Waals surface area contributed by atoms with Gasteiger partial charge in [-0.1, -0.05) is 18.2 Å². The van der Waals surface area contributed by atoms with Crippen LogP contribution in [0.25, 0.3) is 20.8 Å². The van der Waals surface area contributed by atoms with Gasteiger partial charge in [0.05, 0.1) is 10.2 Å². The number of halogens is 2. The van der Waals surface area contributed by atoms with Crippen LogP contribution in [0.4, 0.5) is 8.78 Å². The first-order valence-corrected chi connectivity index (χ1v) is 10.4. The molecule has 1 aromatic heterocycles. The third kappa shape index (κ3) is 3.62. The molecule has 7 heteroatoms. The molecule has 0 bridgehead atoms. The van der Waals surface area contributed by atoms with Crippen LogP contribution in [0.5, 0.6) is 11.5 Å². The molecule has 1 N–H and O–H groups in total. The first-order chi connectivity index (χ1) is 14.6. The predicted octanol–water partition coefficient (Wildman–Crippen LogP) is 5.34. The number of phenolic OH excluding ortho intramolecular Hbond substituents is 1. The van der Waals surface area contributed by atoms with Crippen LogP contribution in [-0.2, 0) is 13.1 Å². The molecule has 30 heavy (non-hydrogen) atoms. The first kappa shape index (κ1) is 19.0. The van der Waals surface area contributed by atoms with Gasteiger partial charge in [-0.05, 0) is 42.0 Å². The smallest absolute Gasteiger partial charge is 0.165 e. The van der Waals surface area contributed by atoms with Crippen molar-refractivity contribution in [2.24, 2.45) is 0 Å². The first-order valence-electron chi connectivity index (χ1n) is 9.58. The number of phenols is 1. The van der Waals surface area contributed by atoms with Crippen molar-refractivity contribution in [1.29, 1.82) is 0 Å². The zero-order valence-electron chi connectivity index (χ0n) is 15.9. The number of hydrogen-bond donors (Lipinski definition) is 1. The van der Waals surface area contributed by atoms with Crippen LogP contribution in [0.2, 0.25) is 0 Å². The number of benzene rings is 3. The fourth-order valence-electron chi connectivity index (χ4n) is 3.70. The van der Waals surface area contributed by atoms with E-state index in [2.05, 4.69) is 9.88 Å². The standard InChI is InChI=1S/C23H18F2N2O2S/c24-17-6-5-14(9-18(17)25)12-27-7-8-29-22-16(13-27)10-15(11-20(22)28)23-26-19-3-1-2-4-21(19)30-23/h1-6,9-11,28H,7-8,12-13H2. The minimum absolute atomic E-state index is 0.0800. The zero-order valence-corrected chi connectivity index (χ0v) is 16.8. The van der Waals surface area contributed by atoms with Gasteiger partial charge in [-0.2, -0.15) is 0 Å². The van der Waals surface area contributed by atoms with E-state index in [0.717, 1.165) is 32.4 Å². The summed E-state index contributed by atoms with van der Waals surface area (Å²) >= 11 is 1.57. The summed E-state index contributed by atoms with van der Waals surface area (Å²) in [5.74, 6) is -1.16. The maximum atomic E-state index is 13.6. The number of fused-ring (bicyclic) bond motifs is 2. The Balaban J connectivity index is 1.46. The molecule has 0 aliphatic carbocycles. The van der Waals surface area contributed by atoms with Crippen molar-refractivity contribution in [1.82, 2.24) is 9.88 Å². The van der Waals surface area contributed by atoms with Crippen LogP contribution in [0, 0.1) is 11.6 Å². The van der Waals surface area contributed by atoms with Crippen LogP contribution in [0.3, 0.4) is 0 Å². The number of aromatic nitrogens is 1. The fraction of sp³-hybridized carbons (Fsp3) is 0.174. The summed E-state index contributed by atoms with van der Waals surface area (Å²) < 4.78 is 33.7. The van der Waals surface area contributed by atoms with Gasteiger partial charge in [-0.3, -0.25) is 4.90 Å². The van der Waals surface area contributed by atoms with E-state index in [9.17, 15) is 13.9 Å². The van der Waals surface area contributed by atoms with Gasteiger partial charge in [-0.15, -0.1) is 11.3 Å². The molecular formula is C23H18F2N2O2S. The molecule has 4 nitrogen and oxygen atoms in total. The largest absolute Gasteiger partial charge is 0.504 e. The lowest BCUT2D eigenvalue weighted by atomic mass is 10.1. The lowest BCUT2D eigenvalue weighted by molar-refractivity contribution is 0.217. The van der Waals surface area contributed by atoms with Gasteiger partial charge in [0.25, 0.3) is 0 Å². The van der Waals surface area contributed by atoms with Gasteiger partial charge >= 0.3 is 0 Å². The summed E-state index contributed by atoms with van der Waals surface area (Å²) in [6, 6.07) is 15.5. The average Bonchev–Trinajstić information content (AvgIpc) is 3.06. The molecule has 0 saturated heterocycles. The highest BCUT2D eigenvalue weighted by Gasteiger charge is 2.21. The predicted molar refractivity (Wildman–Crippen MR) is 113 cm³/mol. The Hall–Kier alpha value is -3.03. The molecular weight excluding hydrogens is 406 g/mol. The molecule has 2 heterocycles. The second-order valence-corrected chi connectivity index (χ2v) is 8.31. The molecule has 0 fully saturated rings. The van der Waals surface area contributed by atoms with Gasteiger partial charge in [-0.25, -0.2) is 13.8 Å². The van der Waals surface area contributed by atoms with Crippen molar-refractivity contribution >= 4 is 21.6 Å². The van der Waals surface area contributed by atoms with E-state index >= 15 is 0 Å². The molecule has 1 aliphatic heterocycles. The van der Waals surface area contributed by atoms with Crippen LogP contribution >= 0.6 is 11.3 Å². The molecule has 1 aliphatic rings. The van der Waals surface area contributed by atoms with E-state index in [0.29, 0.717) is 37.6 Å². The molecule has 0 atom stereocenters. The summed E-state index contributed by atoms with van der Waals surface area (Å²) in [5, 5.41) is 11.4. The Kier molecular flexibility index (Phi) is 4.84. The van der Waals surface area contributed by atoms with Gasteiger partial charge in [0.2, 0.25) is 0 Å². The Morgan fingerprint density at radius 2 is 1.93 bits per heavy atom. The quantitative estimate of drug-likeness (QED) is 0.482. The minimum Gasteiger partial charge on any atom is -0.504 e. The van der Waals surface area contributed by atoms with Gasteiger partial charge < -0.3 is 9.84 Å². The van der Waals surface area contributed by atoms with Crippen LogP contribution in [0.1, 0.15) is 11.1 Å². The highest BCUT2D eigenvalue weighted by atomic mass is 32.1. The Labute approximate surface area is 176 Å². The van der Waals surface area contributed by atoms with Gasteiger partial charge in [0.1, 0.15) is 11.6 Å². The van der Waals surface area contributed by atoms with Crippen molar-refractivity contribution in [2.45, 2.75) is 13.1 Å². The van der Waals surface area contributed by atoms with Gasteiger partial charge in [0, 0.05) is 30.8 Å². The highest BCUT2D eigenvalue weighted by molar-refractivity contribution is 7.21. The summed E-state index contributed by atoms with van der Waals surface area (Å²) in [7, 11) is 0. The Morgan fingerprint density at radius 1 is 1.07 bits per heavy atom. The molecule has 0 amide bonds.